The number of nitrogens with zero attached hydrogens (tertiary/aromatic N) is 1. The molecule has 0 atom stereocenters. The van der Waals surface area contributed by atoms with Gasteiger partial charge in [-0.25, -0.2) is 18.0 Å². The van der Waals surface area contributed by atoms with Gasteiger partial charge in [0.05, 0.1) is 23.6 Å². The summed E-state index contributed by atoms with van der Waals surface area (Å²) in [6.45, 7) is 5.04. The Morgan fingerprint density at radius 2 is 1.71 bits per heavy atom. The maximum absolute atomic E-state index is 15.1. The summed E-state index contributed by atoms with van der Waals surface area (Å²) in [5.41, 5.74) is 1.31. The van der Waals surface area contributed by atoms with Gasteiger partial charge in [-0.05, 0) is 31.9 Å². The Kier molecular flexibility index (Phi) is 5.58. The van der Waals surface area contributed by atoms with E-state index in [1.54, 1.807) is 51.1 Å². The predicted octanol–water partition coefficient (Wildman–Crippen LogP) is 5.61. The molecule has 1 aromatic heterocycles. The molecule has 0 N–H and O–H groups in total. The molecule has 3 rings (SSSR count). The molecule has 1 heterocycles. The molecule has 0 saturated carbocycles. The number of hydrogen-bond acceptors (Lipinski definition) is 2. The fourth-order valence-electron chi connectivity index (χ4n) is 3.27. The number of hydrogen-bond donors (Lipinski definition) is 0. The molecule has 28 heavy (non-hydrogen) atoms. The largest absolute Gasteiger partial charge is 0.462 e. The summed E-state index contributed by atoms with van der Waals surface area (Å²) in [7, 11) is 0. The van der Waals surface area contributed by atoms with Gasteiger partial charge in [0.2, 0.25) is 0 Å². The van der Waals surface area contributed by atoms with Crippen molar-refractivity contribution in [2.24, 2.45) is 0 Å². The average molecular weight is 387 g/mol. The number of esters is 1. The van der Waals surface area contributed by atoms with Crippen molar-refractivity contribution >= 4 is 5.97 Å². The molecule has 3 nitrogen and oxygen atoms in total. The molecule has 6 heteroatoms. The van der Waals surface area contributed by atoms with Crippen LogP contribution in [0.15, 0.2) is 42.5 Å². The summed E-state index contributed by atoms with van der Waals surface area (Å²) in [6.07, 6.45) is -0.00581. The summed E-state index contributed by atoms with van der Waals surface area (Å²) in [5.74, 6) is -3.75. The van der Waals surface area contributed by atoms with E-state index in [9.17, 15) is 13.6 Å². The van der Waals surface area contributed by atoms with Crippen molar-refractivity contribution in [1.82, 2.24) is 4.57 Å². The Balaban J connectivity index is 2.35. The van der Waals surface area contributed by atoms with Crippen molar-refractivity contribution in [1.29, 1.82) is 0 Å². The van der Waals surface area contributed by atoms with Gasteiger partial charge in [-0.3, -0.25) is 0 Å². The number of rotatable bonds is 5. The highest BCUT2D eigenvalue weighted by Gasteiger charge is 2.25. The molecule has 0 aliphatic heterocycles. The highest BCUT2D eigenvalue weighted by molar-refractivity contribution is 5.93. The monoisotopic (exact) mass is 387 g/mol. The minimum absolute atomic E-state index is 0.00581. The molecule has 0 radical (unpaired) electrons. The highest BCUT2D eigenvalue weighted by atomic mass is 19.2. The first-order chi connectivity index (χ1) is 13.4. The standard InChI is InChI=1S/C22H20F3NO2/c1-4-15-20(24)17(23)12-19(21(15)25)26-13(3)16(22(27)28-5-2)11-18(26)14-9-7-6-8-10-14/h6-12H,4-5H2,1-3H3. The van der Waals surface area contributed by atoms with E-state index in [1.807, 2.05) is 6.07 Å². The van der Waals surface area contributed by atoms with E-state index in [2.05, 4.69) is 0 Å². The van der Waals surface area contributed by atoms with E-state index in [1.165, 1.54) is 4.57 Å². The summed E-state index contributed by atoms with van der Waals surface area (Å²) in [6, 6.07) is 11.4. The fourth-order valence-corrected chi connectivity index (χ4v) is 3.27. The zero-order chi connectivity index (χ0) is 20.4. The Morgan fingerprint density at radius 3 is 2.32 bits per heavy atom. The van der Waals surface area contributed by atoms with Crippen LogP contribution in [0, 0.1) is 24.4 Å². The molecule has 0 aliphatic rings. The summed E-state index contributed by atoms with van der Waals surface area (Å²) in [5, 5.41) is 0. The molecule has 0 bridgehead atoms. The van der Waals surface area contributed by atoms with E-state index in [0.29, 0.717) is 17.0 Å². The smallest absolute Gasteiger partial charge is 0.339 e. The normalized spacial score (nSPS) is 10.9. The van der Waals surface area contributed by atoms with Crippen LogP contribution < -0.4 is 0 Å². The second-order valence-electron chi connectivity index (χ2n) is 6.29. The van der Waals surface area contributed by atoms with E-state index in [-0.39, 0.29) is 29.8 Å². The molecular formula is C22H20F3NO2. The van der Waals surface area contributed by atoms with Crippen molar-refractivity contribution < 1.29 is 22.7 Å². The molecule has 146 valence electrons. The average Bonchev–Trinajstić information content (AvgIpc) is 3.03. The van der Waals surface area contributed by atoms with Gasteiger partial charge in [-0.15, -0.1) is 0 Å². The minimum Gasteiger partial charge on any atom is -0.462 e. The quantitative estimate of drug-likeness (QED) is 0.421. The molecule has 3 aromatic rings. The topological polar surface area (TPSA) is 31.2 Å². The van der Waals surface area contributed by atoms with Gasteiger partial charge in [0.15, 0.2) is 17.5 Å². The van der Waals surface area contributed by atoms with Crippen molar-refractivity contribution in [2.75, 3.05) is 6.61 Å². The van der Waals surface area contributed by atoms with Crippen LogP contribution in [0.5, 0.6) is 0 Å². The van der Waals surface area contributed by atoms with Crippen LogP contribution in [0.2, 0.25) is 0 Å². The Hall–Kier alpha value is -3.02. The second kappa shape index (κ2) is 7.92. The zero-order valence-electron chi connectivity index (χ0n) is 15.9. The maximum Gasteiger partial charge on any atom is 0.339 e. The summed E-state index contributed by atoms with van der Waals surface area (Å²) in [4.78, 5) is 12.4. The number of halogens is 3. The van der Waals surface area contributed by atoms with Crippen LogP contribution in [-0.2, 0) is 11.2 Å². The van der Waals surface area contributed by atoms with Gasteiger partial charge in [-0.1, -0.05) is 37.3 Å². The lowest BCUT2D eigenvalue weighted by Gasteiger charge is -2.16. The summed E-state index contributed by atoms with van der Waals surface area (Å²) < 4.78 is 49.8. The van der Waals surface area contributed by atoms with Crippen molar-refractivity contribution in [3.63, 3.8) is 0 Å². The molecule has 0 saturated heterocycles. The van der Waals surface area contributed by atoms with E-state index in [4.69, 9.17) is 4.74 Å². The molecular weight excluding hydrogens is 367 g/mol. The van der Waals surface area contributed by atoms with Crippen LogP contribution in [0.4, 0.5) is 13.2 Å². The van der Waals surface area contributed by atoms with Crippen molar-refractivity contribution in [2.45, 2.75) is 27.2 Å². The SMILES string of the molecule is CCOC(=O)c1cc(-c2ccccc2)n(-c2cc(F)c(F)c(CC)c2F)c1C. The first kappa shape index (κ1) is 19.7. The molecule has 0 aliphatic carbocycles. The molecule has 0 unspecified atom stereocenters. The van der Waals surface area contributed by atoms with E-state index >= 15 is 4.39 Å². The molecule has 2 aromatic carbocycles. The number of carbonyl (C=O) groups is 1. The Bertz CT molecular complexity index is 1030. The lowest BCUT2D eigenvalue weighted by atomic mass is 10.1. The number of aromatic nitrogens is 1. The highest BCUT2D eigenvalue weighted by Crippen LogP contribution is 2.33. The second-order valence-corrected chi connectivity index (χ2v) is 6.29. The Labute approximate surface area is 161 Å². The third-order valence-electron chi connectivity index (χ3n) is 4.63. The van der Waals surface area contributed by atoms with E-state index in [0.717, 1.165) is 6.07 Å². The summed E-state index contributed by atoms with van der Waals surface area (Å²) >= 11 is 0. The van der Waals surface area contributed by atoms with Gasteiger partial charge in [-0.2, -0.15) is 0 Å². The predicted molar refractivity (Wildman–Crippen MR) is 101 cm³/mol. The van der Waals surface area contributed by atoms with Crippen molar-refractivity contribution in [3.05, 3.63) is 76.7 Å². The first-order valence-electron chi connectivity index (χ1n) is 9.02. The maximum atomic E-state index is 15.1. The van der Waals surface area contributed by atoms with Gasteiger partial charge < -0.3 is 9.30 Å². The number of benzene rings is 2. The van der Waals surface area contributed by atoms with Gasteiger partial charge in [0, 0.05) is 17.3 Å². The van der Waals surface area contributed by atoms with Crippen LogP contribution >= 0.6 is 0 Å². The molecule has 0 fully saturated rings. The molecule has 0 amide bonds. The van der Waals surface area contributed by atoms with Gasteiger partial charge in [0.25, 0.3) is 0 Å². The van der Waals surface area contributed by atoms with Gasteiger partial charge >= 0.3 is 5.97 Å². The van der Waals surface area contributed by atoms with Crippen LogP contribution in [0.1, 0.15) is 35.5 Å². The van der Waals surface area contributed by atoms with Crippen LogP contribution in [0.3, 0.4) is 0 Å². The number of carbonyl (C=O) groups excluding carboxylic acids is 1. The third-order valence-corrected chi connectivity index (χ3v) is 4.63. The van der Waals surface area contributed by atoms with Crippen LogP contribution in [-0.4, -0.2) is 17.1 Å². The van der Waals surface area contributed by atoms with Crippen molar-refractivity contribution in [3.8, 4) is 16.9 Å². The third kappa shape index (κ3) is 3.30. The van der Waals surface area contributed by atoms with Crippen LogP contribution in [0.25, 0.3) is 16.9 Å². The van der Waals surface area contributed by atoms with Gasteiger partial charge in [0.1, 0.15) is 0 Å². The fraction of sp³-hybridized carbons (Fsp3) is 0.227. The zero-order valence-corrected chi connectivity index (χ0v) is 15.9. The lowest BCUT2D eigenvalue weighted by Crippen LogP contribution is -2.10. The molecule has 0 spiro atoms. The minimum atomic E-state index is -1.19. The lowest BCUT2D eigenvalue weighted by molar-refractivity contribution is 0.0525. The first-order valence-corrected chi connectivity index (χ1v) is 9.02. The number of ether oxygens (including phenoxy) is 1. The van der Waals surface area contributed by atoms with E-state index < -0.39 is 23.4 Å². The Morgan fingerprint density at radius 1 is 1.04 bits per heavy atom.